The van der Waals surface area contributed by atoms with Crippen molar-refractivity contribution in [2.24, 2.45) is 0 Å². The van der Waals surface area contributed by atoms with Gasteiger partial charge in [-0.05, 0) is 52.0 Å². The van der Waals surface area contributed by atoms with Crippen molar-refractivity contribution in [3.8, 4) is 5.69 Å². The molecule has 0 spiro atoms. The molecule has 0 N–H and O–H groups in total. The number of aromatic nitrogens is 3. The monoisotopic (exact) mass is 477 g/mol. The summed E-state index contributed by atoms with van der Waals surface area (Å²) >= 11 is 6.23. The predicted octanol–water partition coefficient (Wildman–Crippen LogP) is 2.89. The summed E-state index contributed by atoms with van der Waals surface area (Å²) in [5.74, 6) is 0.127. The first-order valence-electron chi connectivity index (χ1n) is 10.2. The number of hydrogen-bond acceptors (Lipinski definition) is 6. The highest BCUT2D eigenvalue weighted by Crippen LogP contribution is 2.25. The second kappa shape index (κ2) is 8.34. The van der Waals surface area contributed by atoms with E-state index in [9.17, 15) is 13.2 Å². The van der Waals surface area contributed by atoms with Gasteiger partial charge in [-0.1, -0.05) is 16.8 Å². The van der Waals surface area contributed by atoms with Gasteiger partial charge in [0, 0.05) is 31.7 Å². The Balaban J connectivity index is 1.45. The summed E-state index contributed by atoms with van der Waals surface area (Å²) in [4.78, 5) is 14.7. The maximum absolute atomic E-state index is 13.0. The summed E-state index contributed by atoms with van der Waals surface area (Å²) in [7, 11) is -3.72. The lowest BCUT2D eigenvalue weighted by atomic mass is 10.1. The van der Waals surface area contributed by atoms with Crippen LogP contribution in [0.15, 0.2) is 33.7 Å². The standard InChI is InChI=1S/C21H24ClN5O4S/c1-13-19(22)15(3)27(23-13)18-7-5-17(6-8-18)21(28)25-9-11-26(12-10-25)32(29,30)20-14(2)24-31-16(20)4/h5-8H,9-12H2,1-4H3. The zero-order valence-corrected chi connectivity index (χ0v) is 19.9. The third-order valence-electron chi connectivity index (χ3n) is 5.65. The van der Waals surface area contributed by atoms with E-state index < -0.39 is 10.0 Å². The van der Waals surface area contributed by atoms with Gasteiger partial charge in [0.2, 0.25) is 10.0 Å². The molecule has 1 amide bonds. The summed E-state index contributed by atoms with van der Waals surface area (Å²) in [5.41, 5.74) is 3.26. The molecular weight excluding hydrogens is 454 g/mol. The van der Waals surface area contributed by atoms with Crippen molar-refractivity contribution in [3.63, 3.8) is 0 Å². The van der Waals surface area contributed by atoms with Gasteiger partial charge in [-0.3, -0.25) is 4.79 Å². The lowest BCUT2D eigenvalue weighted by Gasteiger charge is -2.34. The molecule has 3 aromatic rings. The van der Waals surface area contributed by atoms with Crippen molar-refractivity contribution in [1.82, 2.24) is 24.1 Å². The molecule has 11 heteroatoms. The van der Waals surface area contributed by atoms with Gasteiger partial charge in [0.05, 0.1) is 22.1 Å². The van der Waals surface area contributed by atoms with E-state index in [2.05, 4.69) is 10.3 Å². The Bertz CT molecular complexity index is 1250. The van der Waals surface area contributed by atoms with Gasteiger partial charge in [-0.15, -0.1) is 0 Å². The molecule has 1 aromatic carbocycles. The minimum Gasteiger partial charge on any atom is -0.360 e. The lowest BCUT2D eigenvalue weighted by Crippen LogP contribution is -2.50. The Hall–Kier alpha value is -2.69. The van der Waals surface area contributed by atoms with Crippen LogP contribution >= 0.6 is 11.6 Å². The summed E-state index contributed by atoms with van der Waals surface area (Å²) < 4.78 is 34.1. The number of amides is 1. The van der Waals surface area contributed by atoms with Crippen molar-refractivity contribution in [1.29, 1.82) is 0 Å². The van der Waals surface area contributed by atoms with Crippen LogP contribution in [0.4, 0.5) is 0 Å². The Morgan fingerprint density at radius 3 is 2.12 bits per heavy atom. The third kappa shape index (κ3) is 3.82. The van der Waals surface area contributed by atoms with E-state index in [0.29, 0.717) is 29.4 Å². The molecule has 3 heterocycles. The highest BCUT2D eigenvalue weighted by Gasteiger charge is 2.34. The van der Waals surface area contributed by atoms with Crippen LogP contribution in [0.5, 0.6) is 0 Å². The number of aryl methyl sites for hydroxylation is 3. The van der Waals surface area contributed by atoms with Gasteiger partial charge >= 0.3 is 0 Å². The number of benzene rings is 1. The Kier molecular flexibility index (Phi) is 5.87. The van der Waals surface area contributed by atoms with E-state index in [0.717, 1.165) is 17.1 Å². The van der Waals surface area contributed by atoms with E-state index in [1.54, 1.807) is 35.6 Å². The molecule has 0 atom stereocenters. The summed E-state index contributed by atoms with van der Waals surface area (Å²) in [6.07, 6.45) is 0. The minimum atomic E-state index is -3.72. The summed E-state index contributed by atoms with van der Waals surface area (Å²) in [6, 6.07) is 7.13. The van der Waals surface area contributed by atoms with Crippen LogP contribution in [-0.4, -0.2) is 64.6 Å². The van der Waals surface area contributed by atoms with Gasteiger partial charge < -0.3 is 9.42 Å². The van der Waals surface area contributed by atoms with Crippen LogP contribution in [-0.2, 0) is 10.0 Å². The molecule has 32 heavy (non-hydrogen) atoms. The fourth-order valence-electron chi connectivity index (χ4n) is 3.91. The van der Waals surface area contributed by atoms with Crippen LogP contribution in [0.3, 0.4) is 0 Å². The molecule has 0 radical (unpaired) electrons. The number of rotatable bonds is 4. The van der Waals surface area contributed by atoms with Crippen LogP contribution in [0.1, 0.15) is 33.2 Å². The fourth-order valence-corrected chi connectivity index (χ4v) is 5.74. The smallest absolute Gasteiger partial charge is 0.253 e. The molecule has 1 saturated heterocycles. The van der Waals surface area contributed by atoms with Gasteiger partial charge in [0.1, 0.15) is 10.6 Å². The summed E-state index contributed by atoms with van der Waals surface area (Å²) in [5, 5.41) is 8.79. The van der Waals surface area contributed by atoms with E-state index in [1.165, 1.54) is 4.31 Å². The average Bonchev–Trinajstić information content (AvgIpc) is 3.26. The molecule has 0 bridgehead atoms. The van der Waals surface area contributed by atoms with E-state index >= 15 is 0 Å². The Labute approximate surface area is 191 Å². The zero-order chi connectivity index (χ0) is 23.2. The maximum atomic E-state index is 13.0. The minimum absolute atomic E-state index is 0.108. The first-order valence-corrected chi connectivity index (χ1v) is 12.0. The molecule has 1 aliphatic rings. The van der Waals surface area contributed by atoms with Gasteiger partial charge in [-0.2, -0.15) is 9.40 Å². The maximum Gasteiger partial charge on any atom is 0.253 e. The average molecular weight is 478 g/mol. The number of sulfonamides is 1. The quantitative estimate of drug-likeness (QED) is 0.572. The number of nitrogens with zero attached hydrogens (tertiary/aromatic N) is 5. The molecule has 9 nitrogen and oxygen atoms in total. The first kappa shape index (κ1) is 22.5. The second-order valence-corrected chi connectivity index (χ2v) is 10.0. The van der Waals surface area contributed by atoms with Crippen LogP contribution in [0.2, 0.25) is 5.02 Å². The molecule has 170 valence electrons. The van der Waals surface area contributed by atoms with E-state index in [1.807, 2.05) is 26.0 Å². The molecule has 0 unspecified atom stereocenters. The van der Waals surface area contributed by atoms with E-state index in [4.69, 9.17) is 16.1 Å². The van der Waals surface area contributed by atoms with Crippen molar-refractivity contribution < 1.29 is 17.7 Å². The SMILES string of the molecule is Cc1nn(-c2ccc(C(=O)N3CCN(S(=O)(=O)c4c(C)noc4C)CC3)cc2)c(C)c1Cl. The second-order valence-electron chi connectivity index (χ2n) is 7.79. The normalized spacial score (nSPS) is 15.3. The number of carbonyl (C=O) groups is 1. The van der Waals surface area contributed by atoms with Crippen molar-refractivity contribution in [3.05, 3.63) is 57.7 Å². The fraction of sp³-hybridized carbons (Fsp3) is 0.381. The highest BCUT2D eigenvalue weighted by atomic mass is 35.5. The van der Waals surface area contributed by atoms with Crippen molar-refractivity contribution >= 4 is 27.5 Å². The third-order valence-corrected chi connectivity index (χ3v) is 8.34. The number of piperazine rings is 1. The predicted molar refractivity (Wildman–Crippen MR) is 119 cm³/mol. The number of halogens is 1. The van der Waals surface area contributed by atoms with Crippen molar-refractivity contribution in [2.45, 2.75) is 32.6 Å². The van der Waals surface area contributed by atoms with Crippen molar-refractivity contribution in [2.75, 3.05) is 26.2 Å². The molecule has 1 aliphatic heterocycles. The topological polar surface area (TPSA) is 102 Å². The molecule has 0 aliphatic carbocycles. The Morgan fingerprint density at radius 2 is 1.62 bits per heavy atom. The molecule has 1 fully saturated rings. The molecular formula is C21H24ClN5O4S. The molecule has 0 saturated carbocycles. The van der Waals surface area contributed by atoms with Crippen LogP contribution in [0.25, 0.3) is 5.69 Å². The van der Waals surface area contributed by atoms with Crippen LogP contribution in [0, 0.1) is 27.7 Å². The lowest BCUT2D eigenvalue weighted by molar-refractivity contribution is 0.0698. The van der Waals surface area contributed by atoms with Crippen LogP contribution < -0.4 is 0 Å². The highest BCUT2D eigenvalue weighted by molar-refractivity contribution is 7.89. The number of carbonyl (C=O) groups excluding carboxylic acids is 1. The van der Waals surface area contributed by atoms with Gasteiger partial charge in [0.15, 0.2) is 5.76 Å². The van der Waals surface area contributed by atoms with Gasteiger partial charge in [0.25, 0.3) is 5.91 Å². The largest absolute Gasteiger partial charge is 0.360 e. The molecule has 2 aromatic heterocycles. The Morgan fingerprint density at radius 1 is 1.00 bits per heavy atom. The zero-order valence-electron chi connectivity index (χ0n) is 18.3. The number of hydrogen-bond donors (Lipinski definition) is 0. The van der Waals surface area contributed by atoms with E-state index in [-0.39, 0.29) is 29.7 Å². The summed E-state index contributed by atoms with van der Waals surface area (Å²) in [6.45, 7) is 7.93. The molecule has 4 rings (SSSR count). The first-order chi connectivity index (χ1) is 15.1. The van der Waals surface area contributed by atoms with Gasteiger partial charge in [-0.25, -0.2) is 13.1 Å².